The average molecular weight is 793 g/mol. The van der Waals surface area contributed by atoms with Gasteiger partial charge in [0.05, 0.1) is 0 Å². The van der Waals surface area contributed by atoms with Crippen molar-refractivity contribution in [3.05, 3.63) is 0 Å². The lowest BCUT2D eigenvalue weighted by Crippen LogP contribution is -2.30. The number of carbonyl (C=O) groups excluding carboxylic acids is 3. The van der Waals surface area contributed by atoms with Crippen molar-refractivity contribution in [2.75, 3.05) is 13.2 Å². The first-order chi connectivity index (χ1) is 27.3. The molecule has 2 atom stereocenters. The minimum Gasteiger partial charge on any atom is -0.462 e. The molecule has 56 heavy (non-hydrogen) atoms. The molecule has 0 aliphatic carbocycles. The maximum absolute atomic E-state index is 12.6. The summed E-state index contributed by atoms with van der Waals surface area (Å²) in [5.74, 6) is 0.856. The Labute approximate surface area is 348 Å². The first-order valence-corrected chi connectivity index (χ1v) is 24.8. The van der Waals surface area contributed by atoms with Crippen molar-refractivity contribution in [2.45, 2.75) is 278 Å². The number of esters is 3. The summed E-state index contributed by atoms with van der Waals surface area (Å²) < 4.78 is 16.7. The van der Waals surface area contributed by atoms with E-state index in [0.717, 1.165) is 69.6 Å². The van der Waals surface area contributed by atoms with Crippen molar-refractivity contribution in [1.82, 2.24) is 0 Å². The summed E-state index contributed by atoms with van der Waals surface area (Å²) in [6, 6.07) is 0. The Kier molecular flexibility index (Phi) is 41.8. The molecule has 0 amide bonds. The Morgan fingerprint density at radius 2 is 0.679 bits per heavy atom. The predicted octanol–water partition coefficient (Wildman–Crippen LogP) is 15.8. The molecule has 0 spiro atoms. The van der Waals surface area contributed by atoms with Crippen molar-refractivity contribution in [1.29, 1.82) is 0 Å². The summed E-state index contributed by atoms with van der Waals surface area (Å²) in [6.45, 7) is 11.4. The van der Waals surface area contributed by atoms with E-state index in [1.807, 2.05) is 0 Å². The zero-order valence-corrected chi connectivity index (χ0v) is 38.3. The zero-order chi connectivity index (χ0) is 41.2. The quantitative estimate of drug-likeness (QED) is 0.0347. The number of unbranched alkanes of at least 4 members (excludes halogenated alkanes) is 28. The first kappa shape index (κ1) is 54.4. The maximum atomic E-state index is 12.6. The summed E-state index contributed by atoms with van der Waals surface area (Å²) in [6.07, 6.45) is 42.4. The molecule has 0 rings (SSSR count). The summed E-state index contributed by atoms with van der Waals surface area (Å²) in [5, 5.41) is 0. The van der Waals surface area contributed by atoms with E-state index in [1.54, 1.807) is 0 Å². The van der Waals surface area contributed by atoms with Crippen molar-refractivity contribution < 1.29 is 28.6 Å². The lowest BCUT2D eigenvalue weighted by atomic mass is 9.99. The van der Waals surface area contributed by atoms with Gasteiger partial charge in [-0.25, -0.2) is 0 Å². The van der Waals surface area contributed by atoms with Crippen LogP contribution in [0.25, 0.3) is 0 Å². The molecule has 0 saturated carbocycles. The van der Waals surface area contributed by atoms with E-state index in [1.165, 1.54) is 161 Å². The fraction of sp³-hybridized carbons (Fsp3) is 0.940. The molecule has 0 saturated heterocycles. The van der Waals surface area contributed by atoms with Crippen LogP contribution in [0.15, 0.2) is 0 Å². The van der Waals surface area contributed by atoms with Gasteiger partial charge in [0, 0.05) is 19.3 Å². The lowest BCUT2D eigenvalue weighted by Gasteiger charge is -2.18. The monoisotopic (exact) mass is 793 g/mol. The largest absolute Gasteiger partial charge is 0.462 e. The average Bonchev–Trinajstić information content (AvgIpc) is 3.18. The molecule has 0 bridgehead atoms. The Morgan fingerprint density at radius 1 is 0.375 bits per heavy atom. The SMILES string of the molecule is CCCCCCCCCC(=O)O[C@@H](COC(=O)CCCCCCCCCCCCCCCCC(C)CC)COC(=O)CCCCCCCCCCCCC(C)C. The fourth-order valence-corrected chi connectivity index (χ4v) is 7.43. The normalized spacial score (nSPS) is 12.5. The van der Waals surface area contributed by atoms with Crippen LogP contribution < -0.4 is 0 Å². The van der Waals surface area contributed by atoms with Crippen molar-refractivity contribution in [3.8, 4) is 0 Å². The van der Waals surface area contributed by atoms with E-state index in [4.69, 9.17) is 14.2 Å². The van der Waals surface area contributed by atoms with Gasteiger partial charge in [0.15, 0.2) is 6.10 Å². The molecule has 0 N–H and O–H groups in total. The van der Waals surface area contributed by atoms with E-state index in [-0.39, 0.29) is 31.1 Å². The van der Waals surface area contributed by atoms with Crippen LogP contribution in [0.3, 0.4) is 0 Å². The van der Waals surface area contributed by atoms with E-state index in [9.17, 15) is 14.4 Å². The van der Waals surface area contributed by atoms with Crippen molar-refractivity contribution >= 4 is 17.9 Å². The van der Waals surface area contributed by atoms with Gasteiger partial charge < -0.3 is 14.2 Å². The highest BCUT2D eigenvalue weighted by Gasteiger charge is 2.19. The van der Waals surface area contributed by atoms with Gasteiger partial charge in [-0.05, 0) is 31.1 Å². The van der Waals surface area contributed by atoms with Gasteiger partial charge in [0.1, 0.15) is 13.2 Å². The van der Waals surface area contributed by atoms with Crippen LogP contribution in [-0.2, 0) is 28.6 Å². The molecule has 0 aliphatic rings. The van der Waals surface area contributed by atoms with Crippen LogP contribution in [0.1, 0.15) is 272 Å². The number of rotatable bonds is 44. The molecule has 6 nitrogen and oxygen atoms in total. The highest BCUT2D eigenvalue weighted by Crippen LogP contribution is 2.18. The van der Waals surface area contributed by atoms with E-state index in [0.29, 0.717) is 19.3 Å². The molecule has 0 heterocycles. The second-order valence-corrected chi connectivity index (χ2v) is 17.8. The molecule has 0 aromatic rings. The second kappa shape index (κ2) is 43.0. The Bertz CT molecular complexity index is 856. The molecule has 0 radical (unpaired) electrons. The van der Waals surface area contributed by atoms with E-state index < -0.39 is 6.10 Å². The van der Waals surface area contributed by atoms with Crippen LogP contribution in [-0.4, -0.2) is 37.2 Å². The Balaban J connectivity index is 4.17. The highest BCUT2D eigenvalue weighted by molar-refractivity contribution is 5.71. The Hall–Kier alpha value is -1.59. The molecule has 6 heteroatoms. The molecule has 332 valence electrons. The van der Waals surface area contributed by atoms with Crippen LogP contribution >= 0.6 is 0 Å². The zero-order valence-electron chi connectivity index (χ0n) is 38.3. The van der Waals surface area contributed by atoms with Gasteiger partial charge in [-0.15, -0.1) is 0 Å². The maximum Gasteiger partial charge on any atom is 0.306 e. The van der Waals surface area contributed by atoms with Crippen LogP contribution in [0.5, 0.6) is 0 Å². The van der Waals surface area contributed by atoms with Gasteiger partial charge in [-0.3, -0.25) is 14.4 Å². The lowest BCUT2D eigenvalue weighted by molar-refractivity contribution is -0.167. The van der Waals surface area contributed by atoms with Crippen molar-refractivity contribution in [2.24, 2.45) is 11.8 Å². The molecular weight excluding hydrogens is 697 g/mol. The standard InChI is InChI=1S/C50H96O6/c1-6-8-9-10-23-32-37-42-50(53)56-47(44-55-49(52)41-36-31-27-22-18-17-19-24-28-33-38-45(3)4)43-54-48(51)40-35-30-26-21-16-14-12-11-13-15-20-25-29-34-39-46(5)7-2/h45-47H,6-44H2,1-5H3/t46?,47-/m0/s1. The summed E-state index contributed by atoms with van der Waals surface area (Å²) in [5.41, 5.74) is 0. The smallest absolute Gasteiger partial charge is 0.306 e. The third-order valence-electron chi connectivity index (χ3n) is 11.6. The number of hydrogen-bond donors (Lipinski definition) is 0. The van der Waals surface area contributed by atoms with E-state index >= 15 is 0 Å². The van der Waals surface area contributed by atoms with Gasteiger partial charge in [-0.1, -0.05) is 234 Å². The van der Waals surface area contributed by atoms with Crippen molar-refractivity contribution in [3.63, 3.8) is 0 Å². The van der Waals surface area contributed by atoms with Gasteiger partial charge in [0.2, 0.25) is 0 Å². The predicted molar refractivity (Wildman–Crippen MR) is 238 cm³/mol. The first-order valence-electron chi connectivity index (χ1n) is 24.8. The Morgan fingerprint density at radius 3 is 1.02 bits per heavy atom. The molecule has 1 unspecified atom stereocenters. The molecule has 0 aliphatic heterocycles. The highest BCUT2D eigenvalue weighted by atomic mass is 16.6. The molecule has 0 aromatic carbocycles. The van der Waals surface area contributed by atoms with Gasteiger partial charge >= 0.3 is 17.9 Å². The topological polar surface area (TPSA) is 78.9 Å². The summed E-state index contributed by atoms with van der Waals surface area (Å²) >= 11 is 0. The van der Waals surface area contributed by atoms with E-state index in [2.05, 4.69) is 34.6 Å². The molecule has 0 aromatic heterocycles. The van der Waals surface area contributed by atoms with Crippen LogP contribution in [0, 0.1) is 11.8 Å². The number of ether oxygens (including phenoxy) is 3. The number of hydrogen-bond acceptors (Lipinski definition) is 6. The summed E-state index contributed by atoms with van der Waals surface area (Å²) in [7, 11) is 0. The third-order valence-corrected chi connectivity index (χ3v) is 11.6. The van der Waals surface area contributed by atoms with Crippen LogP contribution in [0.2, 0.25) is 0 Å². The number of carbonyl (C=O) groups is 3. The molecule has 0 fully saturated rings. The minimum atomic E-state index is -0.759. The minimum absolute atomic E-state index is 0.0646. The molecular formula is C50H96O6. The van der Waals surface area contributed by atoms with Crippen LogP contribution in [0.4, 0.5) is 0 Å². The van der Waals surface area contributed by atoms with Gasteiger partial charge in [-0.2, -0.15) is 0 Å². The fourth-order valence-electron chi connectivity index (χ4n) is 7.43. The second-order valence-electron chi connectivity index (χ2n) is 17.8. The van der Waals surface area contributed by atoms with Gasteiger partial charge in [0.25, 0.3) is 0 Å². The summed E-state index contributed by atoms with van der Waals surface area (Å²) in [4.78, 5) is 37.7. The third kappa shape index (κ3) is 42.0.